The van der Waals surface area contributed by atoms with Gasteiger partial charge in [0.15, 0.2) is 6.10 Å². The van der Waals surface area contributed by atoms with Gasteiger partial charge in [0, 0.05) is 59.4 Å². The molecule has 0 bridgehead atoms. The van der Waals surface area contributed by atoms with Crippen molar-refractivity contribution in [1.29, 1.82) is 0 Å². The van der Waals surface area contributed by atoms with Crippen molar-refractivity contribution in [2.45, 2.75) is 187 Å². The fraction of sp³-hybridized carbons (Fsp3) is 0.684. The van der Waals surface area contributed by atoms with Gasteiger partial charge in [-0.05, 0) is 74.7 Å². The second-order valence-electron chi connectivity index (χ2n) is 22.7. The van der Waals surface area contributed by atoms with Crippen LogP contribution in [0.25, 0.3) is 0 Å². The smallest absolute Gasteiger partial charge is 0.329 e. The molecule has 3 fully saturated rings. The zero-order valence-electron chi connectivity index (χ0n) is 49.2. The van der Waals surface area contributed by atoms with E-state index in [4.69, 9.17) is 16.2 Å². The number of benzene rings is 1. The Hall–Kier alpha value is -7.14. The average Bonchev–Trinajstić information content (AvgIpc) is 3.96. The molecule has 3 heterocycles. The van der Waals surface area contributed by atoms with Gasteiger partial charge >= 0.3 is 5.97 Å². The van der Waals surface area contributed by atoms with Crippen molar-refractivity contribution in [3.05, 3.63) is 35.9 Å². The van der Waals surface area contributed by atoms with Gasteiger partial charge < -0.3 is 62.0 Å². The SMILES string of the molecule is CCC(C)C1OC(=O)[C@H](CCC(N)=O)N(C)C(=O)[C@H](C(C)C)NC(=O)[C@@H]2CCCCN2C(=O)[C@H]([C@@H](C)CC)NC(=O)[C@H](CCC(N)=O)N(C)C(=O)[C@H](C(C)C)N(C)C(=O)CNC(=O)[C@@H]2CCCN2C(=O)[C@H](Cc2ccccc2)NC1=O. The highest BCUT2D eigenvalue weighted by Gasteiger charge is 2.45. The Morgan fingerprint density at radius 3 is 1.72 bits per heavy atom. The van der Waals surface area contributed by atoms with Crippen LogP contribution in [0.5, 0.6) is 0 Å². The third-order valence-corrected chi connectivity index (χ3v) is 16.1. The van der Waals surface area contributed by atoms with Gasteiger partial charge in [0.2, 0.25) is 59.1 Å². The Bertz CT molecular complexity index is 2440. The van der Waals surface area contributed by atoms with Crippen molar-refractivity contribution in [3.63, 3.8) is 0 Å². The lowest BCUT2D eigenvalue weighted by Crippen LogP contribution is -2.63. The first kappa shape index (κ1) is 66.4. The van der Waals surface area contributed by atoms with Crippen molar-refractivity contribution in [2.75, 3.05) is 40.8 Å². The minimum absolute atomic E-state index is 0.0448. The number of likely N-dealkylation sites (N-methyl/N-ethyl adjacent to an activating group) is 3. The minimum atomic E-state index is -1.55. The number of nitrogens with zero attached hydrogens (tertiary/aromatic N) is 5. The van der Waals surface area contributed by atoms with Crippen LogP contribution in [0.3, 0.4) is 0 Å². The van der Waals surface area contributed by atoms with Gasteiger partial charge in [0.05, 0.1) is 6.54 Å². The van der Waals surface area contributed by atoms with Crippen LogP contribution in [0.4, 0.5) is 0 Å². The van der Waals surface area contributed by atoms with Gasteiger partial charge in [-0.15, -0.1) is 0 Å². The molecule has 24 heteroatoms. The van der Waals surface area contributed by atoms with Gasteiger partial charge in [0.1, 0.15) is 48.3 Å². The molecule has 3 aliphatic rings. The number of primary amides is 2. The molecule has 0 saturated carbocycles. The number of fused-ring (bicyclic) bond motifs is 2. The molecular formula is C57H89N11O13. The first-order valence-electron chi connectivity index (χ1n) is 28.6. The number of hydrogen-bond acceptors (Lipinski definition) is 13. The summed E-state index contributed by atoms with van der Waals surface area (Å²) in [5, 5.41) is 11.1. The van der Waals surface area contributed by atoms with E-state index in [0.717, 1.165) is 14.7 Å². The number of ether oxygens (including phenoxy) is 1. The number of carbonyl (C=O) groups excluding carboxylic acids is 12. The van der Waals surface area contributed by atoms with Crippen LogP contribution in [0.1, 0.15) is 132 Å². The molecule has 3 saturated heterocycles. The standard InChI is InChI=1S/C57H89N11O13/c1-12-34(7)46-55(78)68-28-18-17-22-40(68)51(74)62-45(32(3)4)54(77)65(10)41(25-27-43(59)70)57(80)81-48(35(8)13-2)52(75)61-37(30-36-20-15-14-16-21-36)53(76)67-29-19-23-39(67)49(72)60-31-44(71)66(11)47(33(5)6)56(79)64(9)38(50(73)63-46)24-26-42(58)69/h14-16,20-21,32-35,37-41,45-48H,12-13,17-19,22-31H2,1-11H3,(H2,58,69)(H2,59,70)(H,60,72)(H,61,75)(H,62,74)(H,63,73)/t34-,35?,37-,38-,39-,40-,41-,45-,46-,47-,48?/m0/s1. The molecule has 2 unspecified atom stereocenters. The number of esters is 1. The Kier molecular flexibility index (Phi) is 25.1. The van der Waals surface area contributed by atoms with Crippen molar-refractivity contribution in [2.24, 2.45) is 35.1 Å². The second kappa shape index (κ2) is 30.6. The van der Waals surface area contributed by atoms with Gasteiger partial charge in [0.25, 0.3) is 5.91 Å². The molecule has 3 aliphatic heterocycles. The third-order valence-electron chi connectivity index (χ3n) is 16.1. The molecule has 4 rings (SSSR count). The number of piperidine rings is 1. The fourth-order valence-corrected chi connectivity index (χ4v) is 10.7. The number of cyclic esters (lactones) is 1. The molecule has 1 aromatic rings. The van der Waals surface area contributed by atoms with E-state index in [9.17, 15) is 57.5 Å². The van der Waals surface area contributed by atoms with E-state index in [2.05, 4.69) is 21.3 Å². The lowest BCUT2D eigenvalue weighted by Gasteiger charge is -2.40. The van der Waals surface area contributed by atoms with Crippen LogP contribution in [-0.2, 0) is 68.7 Å². The van der Waals surface area contributed by atoms with E-state index < -0.39 is 156 Å². The number of hydrogen-bond donors (Lipinski definition) is 6. The summed E-state index contributed by atoms with van der Waals surface area (Å²) in [5.41, 5.74) is 11.8. The van der Waals surface area contributed by atoms with E-state index in [-0.39, 0.29) is 58.0 Å². The van der Waals surface area contributed by atoms with Crippen molar-refractivity contribution in [3.8, 4) is 0 Å². The summed E-state index contributed by atoms with van der Waals surface area (Å²) in [6, 6.07) is -1.43. The van der Waals surface area contributed by atoms with Crippen molar-refractivity contribution in [1.82, 2.24) is 45.8 Å². The van der Waals surface area contributed by atoms with Crippen molar-refractivity contribution >= 4 is 70.9 Å². The molecule has 0 aliphatic carbocycles. The quantitative estimate of drug-likeness (QED) is 0.139. The molecule has 24 nitrogen and oxygen atoms in total. The predicted octanol–water partition coefficient (Wildman–Crippen LogP) is 0.513. The molecular weight excluding hydrogens is 1050 g/mol. The summed E-state index contributed by atoms with van der Waals surface area (Å²) in [5.74, 6) is -11.4. The van der Waals surface area contributed by atoms with E-state index >= 15 is 0 Å². The normalized spacial score (nSPS) is 27.0. The fourth-order valence-electron chi connectivity index (χ4n) is 10.7. The number of amides is 11. The van der Waals surface area contributed by atoms with Crippen LogP contribution < -0.4 is 32.7 Å². The second-order valence-corrected chi connectivity index (χ2v) is 22.7. The van der Waals surface area contributed by atoms with Gasteiger partial charge in [-0.3, -0.25) is 52.7 Å². The maximum absolute atomic E-state index is 14.9. The van der Waals surface area contributed by atoms with Crippen LogP contribution in [0.2, 0.25) is 0 Å². The Morgan fingerprint density at radius 2 is 1.14 bits per heavy atom. The predicted molar refractivity (Wildman–Crippen MR) is 298 cm³/mol. The molecule has 0 radical (unpaired) electrons. The van der Waals surface area contributed by atoms with E-state index in [1.807, 2.05) is 6.92 Å². The summed E-state index contributed by atoms with van der Waals surface area (Å²) >= 11 is 0. The van der Waals surface area contributed by atoms with E-state index in [1.54, 1.807) is 78.8 Å². The minimum Gasteiger partial charge on any atom is -0.450 e. The van der Waals surface area contributed by atoms with E-state index in [1.165, 1.54) is 30.9 Å². The lowest BCUT2D eigenvalue weighted by molar-refractivity contribution is -0.167. The molecule has 450 valence electrons. The molecule has 0 spiro atoms. The maximum atomic E-state index is 14.9. The van der Waals surface area contributed by atoms with Crippen LogP contribution in [0.15, 0.2) is 30.3 Å². The maximum Gasteiger partial charge on any atom is 0.329 e. The largest absolute Gasteiger partial charge is 0.450 e. The molecule has 81 heavy (non-hydrogen) atoms. The zero-order valence-corrected chi connectivity index (χ0v) is 49.2. The zero-order chi connectivity index (χ0) is 60.6. The number of nitrogens with two attached hydrogens (primary N) is 2. The summed E-state index contributed by atoms with van der Waals surface area (Å²) in [4.78, 5) is 176. The van der Waals surface area contributed by atoms with Gasteiger partial charge in [-0.25, -0.2) is 4.79 Å². The number of rotatable bonds is 14. The lowest BCUT2D eigenvalue weighted by atomic mass is 9.93. The number of carbonyl (C=O) groups is 12. The monoisotopic (exact) mass is 1140 g/mol. The highest BCUT2D eigenvalue weighted by Crippen LogP contribution is 2.26. The third kappa shape index (κ3) is 17.4. The molecule has 0 aromatic heterocycles. The molecule has 8 N–H and O–H groups in total. The molecule has 11 atom stereocenters. The molecule has 11 amide bonds. The number of nitrogens with one attached hydrogen (secondary N) is 4. The summed E-state index contributed by atoms with van der Waals surface area (Å²) < 4.78 is 6.01. The molecule has 1 aromatic carbocycles. The summed E-state index contributed by atoms with van der Waals surface area (Å²) in [7, 11) is 4.01. The summed E-state index contributed by atoms with van der Waals surface area (Å²) in [6.45, 7) is 13.3. The topological polar surface area (TPSA) is 330 Å². The first-order chi connectivity index (χ1) is 38.2. The van der Waals surface area contributed by atoms with Gasteiger partial charge in [-0.2, -0.15) is 0 Å². The average molecular weight is 1140 g/mol. The Morgan fingerprint density at radius 1 is 0.593 bits per heavy atom. The Labute approximate surface area is 476 Å². The van der Waals surface area contributed by atoms with Crippen LogP contribution in [-0.4, -0.2) is 191 Å². The van der Waals surface area contributed by atoms with Crippen molar-refractivity contribution < 1.29 is 62.3 Å². The van der Waals surface area contributed by atoms with Gasteiger partial charge in [-0.1, -0.05) is 92.1 Å². The van der Waals surface area contributed by atoms with E-state index in [0.29, 0.717) is 37.7 Å². The first-order valence-corrected chi connectivity index (χ1v) is 28.6. The highest BCUT2D eigenvalue weighted by molar-refractivity contribution is 5.99. The Balaban J connectivity index is 1.87. The van der Waals surface area contributed by atoms with Crippen LogP contribution >= 0.6 is 0 Å². The highest BCUT2D eigenvalue weighted by atomic mass is 16.6. The summed E-state index contributed by atoms with van der Waals surface area (Å²) in [6.07, 6.45) is -0.424. The van der Waals surface area contributed by atoms with Crippen LogP contribution in [0, 0.1) is 23.7 Å².